The van der Waals surface area contributed by atoms with Crippen molar-refractivity contribution in [1.29, 1.82) is 0 Å². The van der Waals surface area contributed by atoms with E-state index < -0.39 is 43.4 Å². The molecule has 2 aromatic rings. The predicted molar refractivity (Wildman–Crippen MR) is 96.3 cm³/mol. The quantitative estimate of drug-likeness (QED) is 0.543. The average molecular weight is 448 g/mol. The number of nitro benzene ring substituents is 1. The summed E-state index contributed by atoms with van der Waals surface area (Å²) in [7, 11) is -4.08. The molecule has 1 amide bonds. The lowest BCUT2D eigenvalue weighted by Crippen LogP contribution is -2.48. The highest BCUT2D eigenvalue weighted by Gasteiger charge is 2.36. The first-order chi connectivity index (χ1) is 13.9. The molecular formula is C16H15F3N4O6S. The zero-order valence-electron chi connectivity index (χ0n) is 15.1. The number of piperazine rings is 1. The van der Waals surface area contributed by atoms with Crippen LogP contribution in [0.4, 0.5) is 24.5 Å². The van der Waals surface area contributed by atoms with Crippen LogP contribution >= 0.6 is 0 Å². The summed E-state index contributed by atoms with van der Waals surface area (Å²) >= 11 is 0. The standard InChI is InChI=1S/C16H15F3N4O6S/c17-16(18,19)10-1-2-11(12(9-10)23(25)26)21-5-7-22(8-6-21)30(27,28)14-4-3-13(29-14)15(20)24/h1-4,9H,5-8H2,(H2,20,24). The van der Waals surface area contributed by atoms with Gasteiger partial charge in [0.1, 0.15) is 5.69 Å². The monoisotopic (exact) mass is 448 g/mol. The summed E-state index contributed by atoms with van der Waals surface area (Å²) in [6, 6.07) is 4.39. The summed E-state index contributed by atoms with van der Waals surface area (Å²) in [5.74, 6) is -1.26. The summed E-state index contributed by atoms with van der Waals surface area (Å²) in [6.07, 6.45) is -4.73. The second-order valence-electron chi connectivity index (χ2n) is 6.33. The highest BCUT2D eigenvalue weighted by atomic mass is 32.2. The van der Waals surface area contributed by atoms with Crippen molar-refractivity contribution in [2.45, 2.75) is 11.3 Å². The normalized spacial score (nSPS) is 15.9. The number of nitro groups is 1. The fraction of sp³-hybridized carbons (Fsp3) is 0.312. The smallest absolute Gasteiger partial charge is 0.416 e. The second kappa shape index (κ2) is 7.60. The molecular weight excluding hydrogens is 433 g/mol. The molecule has 1 aromatic heterocycles. The van der Waals surface area contributed by atoms with E-state index in [2.05, 4.69) is 0 Å². The Morgan fingerprint density at radius 1 is 1.13 bits per heavy atom. The van der Waals surface area contributed by atoms with Crippen LogP contribution in [0.3, 0.4) is 0 Å². The molecule has 14 heteroatoms. The molecule has 1 fully saturated rings. The van der Waals surface area contributed by atoms with E-state index in [1.807, 2.05) is 0 Å². The van der Waals surface area contributed by atoms with E-state index in [9.17, 15) is 36.5 Å². The number of nitrogens with zero attached hydrogens (tertiary/aromatic N) is 3. The van der Waals surface area contributed by atoms with Gasteiger partial charge in [-0.25, -0.2) is 8.42 Å². The number of amides is 1. The lowest BCUT2D eigenvalue weighted by atomic mass is 10.1. The number of primary amides is 1. The second-order valence-corrected chi connectivity index (χ2v) is 8.20. The molecule has 3 rings (SSSR count). The molecule has 1 aromatic carbocycles. The molecule has 1 aliphatic rings. The van der Waals surface area contributed by atoms with Crippen molar-refractivity contribution in [2.24, 2.45) is 5.73 Å². The molecule has 30 heavy (non-hydrogen) atoms. The molecule has 1 saturated heterocycles. The number of alkyl halides is 3. The van der Waals surface area contributed by atoms with Gasteiger partial charge in [0.2, 0.25) is 5.09 Å². The molecule has 2 heterocycles. The Morgan fingerprint density at radius 2 is 1.77 bits per heavy atom. The van der Waals surface area contributed by atoms with Crippen LogP contribution in [0.15, 0.2) is 39.8 Å². The Morgan fingerprint density at radius 3 is 2.27 bits per heavy atom. The molecule has 0 spiro atoms. The third kappa shape index (κ3) is 4.09. The van der Waals surface area contributed by atoms with Gasteiger partial charge in [-0.05, 0) is 24.3 Å². The summed E-state index contributed by atoms with van der Waals surface area (Å²) in [4.78, 5) is 22.9. The minimum Gasteiger partial charge on any atom is -0.438 e. The summed E-state index contributed by atoms with van der Waals surface area (Å²) in [5.41, 5.74) is 3.12. The number of furan rings is 1. The van der Waals surface area contributed by atoms with Crippen molar-refractivity contribution in [1.82, 2.24) is 4.31 Å². The molecule has 0 aliphatic carbocycles. The van der Waals surface area contributed by atoms with E-state index in [1.54, 1.807) is 0 Å². The molecule has 0 saturated carbocycles. The Bertz CT molecular complexity index is 1090. The molecule has 1 aliphatic heterocycles. The van der Waals surface area contributed by atoms with E-state index in [0.717, 1.165) is 28.6 Å². The van der Waals surface area contributed by atoms with Crippen molar-refractivity contribution in [3.8, 4) is 0 Å². The van der Waals surface area contributed by atoms with Gasteiger partial charge in [0.15, 0.2) is 5.76 Å². The number of benzene rings is 1. The third-order valence-corrected chi connectivity index (χ3v) is 6.27. The molecule has 10 nitrogen and oxygen atoms in total. The van der Waals surface area contributed by atoms with Crippen molar-refractivity contribution < 1.29 is 35.7 Å². The van der Waals surface area contributed by atoms with Crippen molar-refractivity contribution in [3.63, 3.8) is 0 Å². The van der Waals surface area contributed by atoms with E-state index in [1.165, 1.54) is 4.90 Å². The lowest BCUT2D eigenvalue weighted by molar-refractivity contribution is -0.384. The maximum Gasteiger partial charge on any atom is 0.416 e. The largest absolute Gasteiger partial charge is 0.438 e. The summed E-state index contributed by atoms with van der Waals surface area (Å²) in [6.45, 7) is -0.218. The summed E-state index contributed by atoms with van der Waals surface area (Å²) in [5, 5.41) is 10.8. The van der Waals surface area contributed by atoms with Gasteiger partial charge in [-0.3, -0.25) is 14.9 Å². The van der Waals surface area contributed by atoms with Gasteiger partial charge in [0.05, 0.1) is 10.5 Å². The van der Waals surface area contributed by atoms with Crippen LogP contribution in [-0.2, 0) is 16.2 Å². The number of halogens is 3. The van der Waals surface area contributed by atoms with Crippen LogP contribution in [0.2, 0.25) is 0 Å². The number of hydrogen-bond donors (Lipinski definition) is 1. The van der Waals surface area contributed by atoms with Crippen LogP contribution < -0.4 is 10.6 Å². The van der Waals surface area contributed by atoms with Crippen LogP contribution in [0.25, 0.3) is 0 Å². The van der Waals surface area contributed by atoms with Gasteiger partial charge < -0.3 is 15.1 Å². The first kappa shape index (κ1) is 21.6. The number of rotatable bonds is 5. The number of nitrogens with two attached hydrogens (primary N) is 1. The first-order valence-electron chi connectivity index (χ1n) is 8.41. The van der Waals surface area contributed by atoms with Crippen LogP contribution in [0.1, 0.15) is 16.1 Å². The van der Waals surface area contributed by atoms with Crippen molar-refractivity contribution in [2.75, 3.05) is 31.1 Å². The van der Waals surface area contributed by atoms with Gasteiger partial charge in [0.25, 0.3) is 21.6 Å². The van der Waals surface area contributed by atoms with Crippen molar-refractivity contribution in [3.05, 3.63) is 51.8 Å². The predicted octanol–water partition coefficient (Wildman–Crippen LogP) is 1.82. The molecule has 0 atom stereocenters. The van der Waals surface area contributed by atoms with Gasteiger partial charge in [-0.1, -0.05) is 0 Å². The SMILES string of the molecule is NC(=O)c1ccc(S(=O)(=O)N2CCN(c3ccc(C(F)(F)F)cc3[N+](=O)[O-])CC2)o1. The van der Waals surface area contributed by atoms with Crippen LogP contribution in [-0.4, -0.2) is 49.7 Å². The Labute approximate surface area is 167 Å². The van der Waals surface area contributed by atoms with E-state index in [4.69, 9.17) is 10.2 Å². The molecule has 2 N–H and O–H groups in total. The Balaban J connectivity index is 1.80. The zero-order valence-corrected chi connectivity index (χ0v) is 15.9. The van der Waals surface area contributed by atoms with E-state index >= 15 is 0 Å². The average Bonchev–Trinajstić information content (AvgIpc) is 3.18. The number of hydrogen-bond acceptors (Lipinski definition) is 7. The van der Waals surface area contributed by atoms with Gasteiger partial charge in [-0.15, -0.1) is 0 Å². The van der Waals surface area contributed by atoms with E-state index in [0.29, 0.717) is 6.07 Å². The fourth-order valence-corrected chi connectivity index (χ4v) is 4.33. The van der Waals surface area contributed by atoms with Crippen molar-refractivity contribution >= 4 is 27.3 Å². The molecule has 0 radical (unpaired) electrons. The summed E-state index contributed by atoms with van der Waals surface area (Å²) < 4.78 is 69.8. The lowest BCUT2D eigenvalue weighted by Gasteiger charge is -2.34. The molecule has 162 valence electrons. The number of carbonyl (C=O) groups excluding carboxylic acids is 1. The van der Waals surface area contributed by atoms with Gasteiger partial charge in [0, 0.05) is 32.2 Å². The zero-order chi connectivity index (χ0) is 22.3. The highest BCUT2D eigenvalue weighted by Crippen LogP contribution is 2.37. The van der Waals surface area contributed by atoms with E-state index in [-0.39, 0.29) is 37.6 Å². The fourth-order valence-electron chi connectivity index (χ4n) is 3.00. The van der Waals surface area contributed by atoms with Gasteiger partial charge in [-0.2, -0.15) is 17.5 Å². The Kier molecular flexibility index (Phi) is 5.47. The number of sulfonamides is 1. The maximum atomic E-state index is 12.9. The Hall–Kier alpha value is -3.13. The number of anilines is 1. The highest BCUT2D eigenvalue weighted by molar-refractivity contribution is 7.89. The third-order valence-electron chi connectivity index (χ3n) is 4.50. The van der Waals surface area contributed by atoms with Crippen LogP contribution in [0.5, 0.6) is 0 Å². The first-order valence-corrected chi connectivity index (χ1v) is 9.85. The topological polar surface area (TPSA) is 140 Å². The van der Waals surface area contributed by atoms with Crippen LogP contribution in [0, 0.1) is 10.1 Å². The maximum absolute atomic E-state index is 12.9. The van der Waals surface area contributed by atoms with Gasteiger partial charge >= 0.3 is 6.18 Å². The minimum absolute atomic E-state index is 0.00514. The minimum atomic E-state index is -4.73. The number of carbonyl (C=O) groups is 1. The molecule has 0 unspecified atom stereocenters. The molecule has 0 bridgehead atoms.